The number of nitrogens with zero attached hydrogens (tertiary/aromatic N) is 2. The predicted molar refractivity (Wildman–Crippen MR) is 115 cm³/mol. The Balaban J connectivity index is 1.68. The molecule has 0 saturated carbocycles. The van der Waals surface area contributed by atoms with Crippen molar-refractivity contribution in [3.8, 4) is 11.8 Å². The number of hydrogen-bond donors (Lipinski definition) is 1. The number of anilines is 1. The lowest BCUT2D eigenvalue weighted by Crippen LogP contribution is -2.36. The van der Waals surface area contributed by atoms with Crippen LogP contribution in [0.15, 0.2) is 55.1 Å². The maximum Gasteiger partial charge on any atom is 0.255 e. The van der Waals surface area contributed by atoms with Gasteiger partial charge in [-0.3, -0.25) is 9.59 Å². The van der Waals surface area contributed by atoms with E-state index in [1.165, 1.54) is 12.1 Å². The maximum absolute atomic E-state index is 12.7. The lowest BCUT2D eigenvalue weighted by molar-refractivity contribution is -0.127. The van der Waals surface area contributed by atoms with Crippen molar-refractivity contribution in [2.75, 3.05) is 25.0 Å². The summed E-state index contributed by atoms with van der Waals surface area (Å²) in [4.78, 5) is 26.2. The average molecular weight is 403 g/mol. The first-order valence-electron chi connectivity index (χ1n) is 10.0. The molecule has 0 aromatic heterocycles. The molecule has 154 valence electrons. The average Bonchev–Trinajstić information content (AvgIpc) is 2.79. The van der Waals surface area contributed by atoms with E-state index in [-0.39, 0.29) is 11.8 Å². The summed E-state index contributed by atoms with van der Waals surface area (Å²) >= 11 is 0. The minimum atomic E-state index is -0.280. The summed E-state index contributed by atoms with van der Waals surface area (Å²) in [6, 6.07) is 14.7. The Kier molecular flexibility index (Phi) is 6.87. The van der Waals surface area contributed by atoms with Gasteiger partial charge in [-0.2, -0.15) is 5.26 Å². The molecule has 2 aromatic carbocycles. The Morgan fingerprint density at radius 1 is 1.27 bits per heavy atom. The van der Waals surface area contributed by atoms with Crippen LogP contribution in [0.5, 0.6) is 5.75 Å². The number of amides is 2. The number of piperidine rings is 1. The van der Waals surface area contributed by atoms with E-state index in [1.54, 1.807) is 12.1 Å². The van der Waals surface area contributed by atoms with Crippen molar-refractivity contribution in [2.24, 2.45) is 0 Å². The zero-order chi connectivity index (χ0) is 21.5. The molecule has 0 atom stereocenters. The second-order valence-electron chi connectivity index (χ2n) is 7.14. The number of likely N-dealkylation sites (tertiary alicyclic amines) is 1. The number of carbonyl (C=O) groups excluding carboxylic acids is 2. The zero-order valence-electron chi connectivity index (χ0n) is 17.1. The maximum atomic E-state index is 12.7. The predicted octanol–water partition coefficient (Wildman–Crippen LogP) is 4.10. The van der Waals surface area contributed by atoms with E-state index in [9.17, 15) is 14.9 Å². The summed E-state index contributed by atoms with van der Waals surface area (Å²) in [5.41, 5.74) is 2.58. The highest BCUT2D eigenvalue weighted by molar-refractivity contribution is 6.04. The van der Waals surface area contributed by atoms with Gasteiger partial charge < -0.3 is 15.0 Å². The molecule has 1 heterocycles. The highest BCUT2D eigenvalue weighted by Crippen LogP contribution is 2.30. The first-order chi connectivity index (χ1) is 14.5. The normalized spacial score (nSPS) is 13.9. The number of benzene rings is 2. The van der Waals surface area contributed by atoms with Crippen LogP contribution in [0.4, 0.5) is 5.69 Å². The van der Waals surface area contributed by atoms with Gasteiger partial charge in [0.05, 0.1) is 12.2 Å². The molecule has 1 saturated heterocycles. The minimum absolute atomic E-state index is 0.0263. The molecule has 2 amide bonds. The third kappa shape index (κ3) is 4.87. The fraction of sp³-hybridized carbons (Fsp3) is 0.292. The number of ether oxygens (including phenoxy) is 1. The molecular formula is C24H25N3O3. The van der Waals surface area contributed by atoms with Gasteiger partial charge >= 0.3 is 0 Å². The molecule has 6 nitrogen and oxygen atoms in total. The molecular weight excluding hydrogens is 378 g/mol. The van der Waals surface area contributed by atoms with Crippen molar-refractivity contribution in [3.63, 3.8) is 0 Å². The van der Waals surface area contributed by atoms with Gasteiger partial charge in [0, 0.05) is 24.3 Å². The molecule has 3 rings (SSSR count). The van der Waals surface area contributed by atoms with E-state index < -0.39 is 0 Å². The first-order valence-corrected chi connectivity index (χ1v) is 10.0. The summed E-state index contributed by atoms with van der Waals surface area (Å²) in [6.45, 7) is 7.25. The first kappa shape index (κ1) is 21.1. The second-order valence-corrected chi connectivity index (χ2v) is 7.14. The molecule has 1 fully saturated rings. The molecule has 0 spiro atoms. The number of carbonyl (C=O) groups is 2. The Morgan fingerprint density at radius 3 is 2.70 bits per heavy atom. The molecule has 1 N–H and O–H groups in total. The quantitative estimate of drug-likeness (QED) is 0.736. The van der Waals surface area contributed by atoms with Gasteiger partial charge in [-0.15, -0.1) is 0 Å². The molecule has 0 radical (unpaired) electrons. The number of hydrogen-bond acceptors (Lipinski definition) is 4. The van der Waals surface area contributed by atoms with Crippen molar-refractivity contribution in [1.82, 2.24) is 4.90 Å². The topological polar surface area (TPSA) is 82.4 Å². The van der Waals surface area contributed by atoms with Crippen molar-refractivity contribution in [2.45, 2.75) is 25.7 Å². The standard InChI is InChI=1S/C24H25N3O3/c1-3-23(28)27-12-10-17(11-13-27)18-6-5-7-21(15-18)26-24(29)19-8-9-22(30-4-2)20(14-19)16-25/h3,5-9,14-15,17H,1,4,10-13H2,2H3,(H,26,29). The van der Waals surface area contributed by atoms with Crippen LogP contribution in [-0.4, -0.2) is 36.4 Å². The van der Waals surface area contributed by atoms with Crippen molar-refractivity contribution >= 4 is 17.5 Å². The number of nitrogens with one attached hydrogen (secondary N) is 1. The van der Waals surface area contributed by atoms with Crippen molar-refractivity contribution in [3.05, 3.63) is 71.8 Å². The zero-order valence-corrected chi connectivity index (χ0v) is 17.1. The Hall–Kier alpha value is -3.59. The van der Waals surface area contributed by atoms with Crippen LogP contribution in [0.1, 0.15) is 47.2 Å². The molecule has 30 heavy (non-hydrogen) atoms. The molecule has 0 aliphatic carbocycles. The van der Waals surface area contributed by atoms with Gasteiger partial charge in [-0.05, 0) is 67.7 Å². The van der Waals surface area contributed by atoms with E-state index >= 15 is 0 Å². The molecule has 1 aliphatic rings. The SMILES string of the molecule is C=CC(=O)N1CCC(c2cccc(NC(=O)c3ccc(OCC)c(C#N)c3)c2)CC1. The fourth-order valence-electron chi connectivity index (χ4n) is 3.68. The van der Waals surface area contributed by atoms with Crippen molar-refractivity contribution in [1.29, 1.82) is 5.26 Å². The van der Waals surface area contributed by atoms with Crippen molar-refractivity contribution < 1.29 is 14.3 Å². The Morgan fingerprint density at radius 2 is 2.03 bits per heavy atom. The van der Waals surface area contributed by atoms with Gasteiger partial charge in [0.25, 0.3) is 5.91 Å². The van der Waals surface area contributed by atoms with E-state index in [0.29, 0.717) is 48.2 Å². The van der Waals surface area contributed by atoms with Crippen LogP contribution in [0.25, 0.3) is 0 Å². The fourth-order valence-corrected chi connectivity index (χ4v) is 3.68. The molecule has 1 aliphatic heterocycles. The Bertz CT molecular complexity index is 985. The van der Waals surface area contributed by atoms with E-state index in [4.69, 9.17) is 4.74 Å². The third-order valence-corrected chi connectivity index (χ3v) is 5.26. The van der Waals surface area contributed by atoms with E-state index in [0.717, 1.165) is 18.4 Å². The largest absolute Gasteiger partial charge is 0.492 e. The third-order valence-electron chi connectivity index (χ3n) is 5.26. The van der Waals surface area contributed by atoms with Crippen LogP contribution in [-0.2, 0) is 4.79 Å². The van der Waals surface area contributed by atoms with E-state index in [1.807, 2.05) is 30.0 Å². The van der Waals surface area contributed by atoms with E-state index in [2.05, 4.69) is 24.0 Å². The highest BCUT2D eigenvalue weighted by Gasteiger charge is 2.22. The smallest absolute Gasteiger partial charge is 0.255 e. The number of nitriles is 1. The van der Waals surface area contributed by atoms with Gasteiger partial charge in [0.15, 0.2) is 0 Å². The minimum Gasteiger partial charge on any atom is -0.492 e. The van der Waals surface area contributed by atoms with Crippen LogP contribution in [0.2, 0.25) is 0 Å². The summed E-state index contributed by atoms with van der Waals surface area (Å²) < 4.78 is 5.41. The lowest BCUT2D eigenvalue weighted by atomic mass is 9.89. The van der Waals surface area contributed by atoms with Gasteiger partial charge in [-0.25, -0.2) is 0 Å². The summed E-state index contributed by atoms with van der Waals surface area (Å²) in [6.07, 6.45) is 3.11. The highest BCUT2D eigenvalue weighted by atomic mass is 16.5. The lowest BCUT2D eigenvalue weighted by Gasteiger charge is -2.31. The number of rotatable bonds is 6. The van der Waals surface area contributed by atoms with Crippen LogP contribution in [0.3, 0.4) is 0 Å². The monoisotopic (exact) mass is 403 g/mol. The summed E-state index contributed by atoms with van der Waals surface area (Å²) in [7, 11) is 0. The summed E-state index contributed by atoms with van der Waals surface area (Å²) in [5.74, 6) is 0.505. The molecule has 0 bridgehead atoms. The molecule has 6 heteroatoms. The van der Waals surface area contributed by atoms with Crippen LogP contribution < -0.4 is 10.1 Å². The molecule has 2 aromatic rings. The van der Waals surface area contributed by atoms with Gasteiger partial charge in [-0.1, -0.05) is 18.7 Å². The second kappa shape index (κ2) is 9.75. The van der Waals surface area contributed by atoms with Crippen LogP contribution >= 0.6 is 0 Å². The molecule has 0 unspecified atom stereocenters. The van der Waals surface area contributed by atoms with Crippen LogP contribution in [0, 0.1) is 11.3 Å². The Labute approximate surface area is 176 Å². The van der Waals surface area contributed by atoms with Gasteiger partial charge in [0.1, 0.15) is 11.8 Å². The summed E-state index contributed by atoms with van der Waals surface area (Å²) in [5, 5.41) is 12.2. The van der Waals surface area contributed by atoms with Gasteiger partial charge in [0.2, 0.25) is 5.91 Å².